The highest BCUT2D eigenvalue weighted by atomic mass is 19.1. The summed E-state index contributed by atoms with van der Waals surface area (Å²) in [6, 6.07) is 9.00. The van der Waals surface area contributed by atoms with Gasteiger partial charge < -0.3 is 14.7 Å². The van der Waals surface area contributed by atoms with E-state index in [4.69, 9.17) is 9.52 Å². The zero-order valence-electron chi connectivity index (χ0n) is 17.3. The summed E-state index contributed by atoms with van der Waals surface area (Å²) in [6.45, 7) is 10.2. The molecule has 156 valence electrons. The lowest BCUT2D eigenvalue weighted by Gasteiger charge is -2.36. The van der Waals surface area contributed by atoms with Gasteiger partial charge in [0.25, 0.3) is 0 Å². The van der Waals surface area contributed by atoms with Gasteiger partial charge >= 0.3 is 0 Å². The summed E-state index contributed by atoms with van der Waals surface area (Å²) in [5.41, 5.74) is 2.07. The first-order valence-electron chi connectivity index (χ1n) is 10.5. The second-order valence-corrected chi connectivity index (χ2v) is 8.15. The van der Waals surface area contributed by atoms with Crippen LogP contribution in [0.4, 0.5) is 4.39 Å². The van der Waals surface area contributed by atoms with E-state index in [1.807, 2.05) is 19.1 Å². The van der Waals surface area contributed by atoms with Crippen molar-refractivity contribution in [3.63, 3.8) is 0 Å². The van der Waals surface area contributed by atoms with Crippen LogP contribution in [0.5, 0.6) is 0 Å². The van der Waals surface area contributed by atoms with Crippen molar-refractivity contribution in [1.82, 2.24) is 20.3 Å². The highest BCUT2D eigenvalue weighted by Gasteiger charge is 2.44. The Labute approximate surface area is 171 Å². The number of aliphatic imine (C=N–C) groups is 1. The topological polar surface area (TPSA) is 56.9 Å². The smallest absolute Gasteiger partial charge is 0.194 e. The van der Waals surface area contributed by atoms with Crippen LogP contribution in [0.25, 0.3) is 0 Å². The summed E-state index contributed by atoms with van der Waals surface area (Å²) in [4.78, 5) is 9.68. The second kappa shape index (κ2) is 8.53. The molecule has 29 heavy (non-hydrogen) atoms. The van der Waals surface area contributed by atoms with E-state index in [1.165, 1.54) is 6.07 Å². The third kappa shape index (κ3) is 4.78. The minimum absolute atomic E-state index is 0.00933. The van der Waals surface area contributed by atoms with Crippen molar-refractivity contribution < 1.29 is 8.91 Å². The van der Waals surface area contributed by atoms with Crippen LogP contribution in [0, 0.1) is 12.7 Å². The zero-order valence-corrected chi connectivity index (χ0v) is 17.3. The molecule has 1 aromatic carbocycles. The average Bonchev–Trinajstić information content (AvgIpc) is 3.41. The number of hydrogen-bond acceptors (Lipinski definition) is 4. The number of piperazine rings is 1. The quantitative estimate of drug-likeness (QED) is 0.598. The maximum Gasteiger partial charge on any atom is 0.194 e. The Kier molecular flexibility index (Phi) is 5.85. The van der Waals surface area contributed by atoms with Gasteiger partial charge in [0.05, 0.1) is 12.2 Å². The molecular formula is C22H30FN5O. The standard InChI is InChI=1S/C22H30FN5O/c1-3-24-21(25-16-22(7-8-22)18-5-4-6-19(23)14-18)28-11-9-27(10-12-28)15-20-13-17(2)29-26-20/h4-6,13-14H,3,7-12,15-16H2,1-2H3,(H,24,25). The van der Waals surface area contributed by atoms with Gasteiger partial charge in [-0.05, 0) is 44.4 Å². The minimum Gasteiger partial charge on any atom is -0.361 e. The van der Waals surface area contributed by atoms with Crippen LogP contribution in [0.15, 0.2) is 39.8 Å². The Morgan fingerprint density at radius 1 is 1.24 bits per heavy atom. The van der Waals surface area contributed by atoms with Crippen LogP contribution in [0.2, 0.25) is 0 Å². The molecule has 0 unspecified atom stereocenters. The maximum absolute atomic E-state index is 13.7. The van der Waals surface area contributed by atoms with E-state index in [0.717, 1.165) is 75.1 Å². The van der Waals surface area contributed by atoms with Crippen LogP contribution in [0.1, 0.15) is 36.8 Å². The molecule has 0 bridgehead atoms. The highest BCUT2D eigenvalue weighted by molar-refractivity contribution is 5.80. The van der Waals surface area contributed by atoms with Gasteiger partial charge in [0.1, 0.15) is 11.6 Å². The van der Waals surface area contributed by atoms with Gasteiger partial charge in [-0.15, -0.1) is 0 Å². The molecule has 0 atom stereocenters. The van der Waals surface area contributed by atoms with Crippen LogP contribution in [-0.4, -0.2) is 60.2 Å². The molecule has 2 aliphatic rings. The number of guanidine groups is 1. The SMILES string of the molecule is CCNC(=NCC1(c2cccc(F)c2)CC1)N1CCN(Cc2cc(C)on2)CC1. The lowest BCUT2D eigenvalue weighted by Crippen LogP contribution is -2.52. The largest absolute Gasteiger partial charge is 0.361 e. The van der Waals surface area contributed by atoms with E-state index < -0.39 is 0 Å². The Balaban J connectivity index is 1.36. The molecule has 2 fully saturated rings. The predicted octanol–water partition coefficient (Wildman–Crippen LogP) is 2.94. The fourth-order valence-corrected chi connectivity index (χ4v) is 4.00. The molecule has 1 aromatic heterocycles. The Bertz CT molecular complexity index is 852. The number of hydrogen-bond donors (Lipinski definition) is 1. The minimum atomic E-state index is -0.164. The summed E-state index contributed by atoms with van der Waals surface area (Å²) < 4.78 is 18.8. The molecule has 1 aliphatic carbocycles. The summed E-state index contributed by atoms with van der Waals surface area (Å²) in [5, 5.41) is 7.54. The van der Waals surface area contributed by atoms with Crippen LogP contribution >= 0.6 is 0 Å². The Hall–Kier alpha value is -2.41. The summed E-state index contributed by atoms with van der Waals surface area (Å²) in [7, 11) is 0. The molecule has 1 saturated carbocycles. The van der Waals surface area contributed by atoms with Gasteiger partial charge in [-0.3, -0.25) is 9.89 Å². The van der Waals surface area contributed by atoms with E-state index >= 15 is 0 Å². The molecule has 1 aliphatic heterocycles. The lowest BCUT2D eigenvalue weighted by atomic mass is 9.96. The van der Waals surface area contributed by atoms with Crippen molar-refractivity contribution in [2.24, 2.45) is 4.99 Å². The van der Waals surface area contributed by atoms with Crippen molar-refractivity contribution in [2.75, 3.05) is 39.3 Å². The van der Waals surface area contributed by atoms with Gasteiger partial charge in [-0.2, -0.15) is 0 Å². The first-order chi connectivity index (χ1) is 14.1. The van der Waals surface area contributed by atoms with Gasteiger partial charge in [0.15, 0.2) is 5.96 Å². The Morgan fingerprint density at radius 3 is 2.66 bits per heavy atom. The number of rotatable bonds is 6. The van der Waals surface area contributed by atoms with Gasteiger partial charge in [-0.1, -0.05) is 17.3 Å². The highest BCUT2D eigenvalue weighted by Crippen LogP contribution is 2.48. The number of nitrogens with zero attached hydrogens (tertiary/aromatic N) is 4. The summed E-state index contributed by atoms with van der Waals surface area (Å²) >= 11 is 0. The van der Waals surface area contributed by atoms with E-state index in [-0.39, 0.29) is 11.2 Å². The molecule has 0 spiro atoms. The molecular weight excluding hydrogens is 369 g/mol. The van der Waals surface area contributed by atoms with Gasteiger partial charge in [0.2, 0.25) is 0 Å². The van der Waals surface area contributed by atoms with Crippen molar-refractivity contribution in [3.05, 3.63) is 53.2 Å². The summed E-state index contributed by atoms with van der Waals surface area (Å²) in [6.07, 6.45) is 2.15. The fraction of sp³-hybridized carbons (Fsp3) is 0.545. The molecule has 1 N–H and O–H groups in total. The van der Waals surface area contributed by atoms with E-state index in [2.05, 4.69) is 27.2 Å². The molecule has 7 heteroatoms. The molecule has 2 aromatic rings. The van der Waals surface area contributed by atoms with E-state index in [0.29, 0.717) is 6.54 Å². The average molecular weight is 400 g/mol. The molecule has 4 rings (SSSR count). The monoisotopic (exact) mass is 399 g/mol. The second-order valence-electron chi connectivity index (χ2n) is 8.15. The van der Waals surface area contributed by atoms with Crippen LogP contribution < -0.4 is 5.32 Å². The molecule has 0 radical (unpaired) electrons. The molecule has 6 nitrogen and oxygen atoms in total. The molecule has 2 heterocycles. The van der Waals surface area contributed by atoms with Crippen molar-refractivity contribution in [1.29, 1.82) is 0 Å². The van der Waals surface area contributed by atoms with Crippen LogP contribution in [-0.2, 0) is 12.0 Å². The normalized spacial score (nSPS) is 19.4. The molecule has 1 saturated heterocycles. The van der Waals surface area contributed by atoms with Gasteiger partial charge in [0, 0.05) is 50.7 Å². The van der Waals surface area contributed by atoms with Gasteiger partial charge in [-0.25, -0.2) is 4.39 Å². The fourth-order valence-electron chi connectivity index (χ4n) is 4.00. The number of halogens is 1. The lowest BCUT2D eigenvalue weighted by molar-refractivity contribution is 0.169. The predicted molar refractivity (Wildman–Crippen MR) is 111 cm³/mol. The van der Waals surface area contributed by atoms with Crippen LogP contribution in [0.3, 0.4) is 0 Å². The summed E-state index contributed by atoms with van der Waals surface area (Å²) in [5.74, 6) is 1.66. The molecule has 0 amide bonds. The zero-order chi connectivity index (χ0) is 20.3. The Morgan fingerprint density at radius 2 is 2.03 bits per heavy atom. The number of aryl methyl sites for hydroxylation is 1. The van der Waals surface area contributed by atoms with E-state index in [1.54, 1.807) is 12.1 Å². The first kappa shape index (κ1) is 19.9. The third-order valence-corrected chi connectivity index (χ3v) is 5.89. The van der Waals surface area contributed by atoms with Crippen molar-refractivity contribution >= 4 is 5.96 Å². The van der Waals surface area contributed by atoms with Crippen molar-refractivity contribution in [2.45, 2.75) is 38.6 Å². The first-order valence-corrected chi connectivity index (χ1v) is 10.5. The van der Waals surface area contributed by atoms with Crippen molar-refractivity contribution in [3.8, 4) is 0 Å². The van der Waals surface area contributed by atoms with E-state index in [9.17, 15) is 4.39 Å². The number of benzene rings is 1. The third-order valence-electron chi connectivity index (χ3n) is 5.89. The maximum atomic E-state index is 13.7. The number of aromatic nitrogens is 1. The number of nitrogens with one attached hydrogen (secondary N) is 1.